The molecule has 0 aliphatic carbocycles. The summed E-state index contributed by atoms with van der Waals surface area (Å²) in [5.41, 5.74) is 1.57. The summed E-state index contributed by atoms with van der Waals surface area (Å²) in [5, 5.41) is 12.9. The first-order valence-electron chi connectivity index (χ1n) is 8.11. The second kappa shape index (κ2) is 6.81. The van der Waals surface area contributed by atoms with Crippen molar-refractivity contribution in [3.05, 3.63) is 36.2 Å². The molecule has 0 saturated carbocycles. The number of amides is 1. The second-order valence-corrected chi connectivity index (χ2v) is 6.05. The molecule has 3 heterocycles. The molecule has 0 spiro atoms. The first-order valence-corrected chi connectivity index (χ1v) is 8.11. The Morgan fingerprint density at radius 1 is 1.30 bits per heavy atom. The van der Waals surface area contributed by atoms with Gasteiger partial charge in [-0.05, 0) is 50.3 Å². The summed E-state index contributed by atoms with van der Waals surface area (Å²) in [7, 11) is 0. The monoisotopic (exact) mass is 315 g/mol. The maximum atomic E-state index is 12.9. The topological polar surface area (TPSA) is 74.9 Å². The van der Waals surface area contributed by atoms with Crippen molar-refractivity contribution >= 4 is 17.4 Å². The van der Waals surface area contributed by atoms with Crippen molar-refractivity contribution in [1.82, 2.24) is 14.5 Å². The highest BCUT2D eigenvalue weighted by Crippen LogP contribution is 2.24. The summed E-state index contributed by atoms with van der Waals surface area (Å²) in [6.45, 7) is 0.751. The van der Waals surface area contributed by atoms with Crippen LogP contribution in [0.5, 0.6) is 0 Å². The number of nitrogens with zero attached hydrogens (tertiary/aromatic N) is 3. The first kappa shape index (κ1) is 15.5. The van der Waals surface area contributed by atoms with E-state index in [0.29, 0.717) is 12.0 Å². The molecule has 1 atom stereocenters. The molecule has 23 heavy (non-hydrogen) atoms. The van der Waals surface area contributed by atoms with Crippen LogP contribution in [0.1, 0.15) is 48.9 Å². The molecular formula is C17H21N3O3. The molecule has 0 radical (unpaired) electrons. The third-order valence-electron chi connectivity index (χ3n) is 4.46. The summed E-state index contributed by atoms with van der Waals surface area (Å²) in [5.74, 6) is -0.737. The lowest BCUT2D eigenvalue weighted by Gasteiger charge is -2.36. The number of likely N-dealkylation sites (tertiary alicyclic amines) is 1. The van der Waals surface area contributed by atoms with Gasteiger partial charge in [-0.15, -0.1) is 0 Å². The fraction of sp³-hybridized carbons (Fsp3) is 0.471. The summed E-state index contributed by atoms with van der Waals surface area (Å²) in [4.78, 5) is 25.5. The van der Waals surface area contributed by atoms with Crippen molar-refractivity contribution in [2.24, 2.45) is 0 Å². The van der Waals surface area contributed by atoms with Gasteiger partial charge >= 0.3 is 5.97 Å². The minimum absolute atomic E-state index is 0.0359. The Morgan fingerprint density at radius 3 is 3.00 bits per heavy atom. The maximum Gasteiger partial charge on any atom is 0.303 e. The van der Waals surface area contributed by atoms with Crippen LogP contribution in [0.15, 0.2) is 30.6 Å². The van der Waals surface area contributed by atoms with Crippen LogP contribution in [0, 0.1) is 0 Å². The molecule has 3 rings (SSSR count). The quantitative estimate of drug-likeness (QED) is 0.920. The first-order chi connectivity index (χ1) is 11.1. The second-order valence-electron chi connectivity index (χ2n) is 6.05. The van der Waals surface area contributed by atoms with Crippen molar-refractivity contribution in [2.75, 3.05) is 6.54 Å². The van der Waals surface area contributed by atoms with Gasteiger partial charge in [0.15, 0.2) is 0 Å². The molecule has 1 fully saturated rings. The van der Waals surface area contributed by atoms with Gasteiger partial charge in [0.05, 0.1) is 5.52 Å². The number of rotatable bonds is 5. The van der Waals surface area contributed by atoms with Crippen LogP contribution in [0.3, 0.4) is 0 Å². The van der Waals surface area contributed by atoms with E-state index in [0.717, 1.165) is 37.7 Å². The Morgan fingerprint density at radius 2 is 2.17 bits per heavy atom. The van der Waals surface area contributed by atoms with E-state index in [2.05, 4.69) is 5.10 Å². The smallest absolute Gasteiger partial charge is 0.303 e. The average Bonchev–Trinajstić information content (AvgIpc) is 3.02. The zero-order chi connectivity index (χ0) is 16.2. The number of carboxylic acids is 1. The number of piperidine rings is 1. The van der Waals surface area contributed by atoms with Gasteiger partial charge in [0.25, 0.3) is 5.91 Å². The van der Waals surface area contributed by atoms with E-state index in [-0.39, 0.29) is 18.4 Å². The molecule has 122 valence electrons. The van der Waals surface area contributed by atoms with E-state index >= 15 is 0 Å². The van der Waals surface area contributed by atoms with E-state index in [1.807, 2.05) is 17.0 Å². The van der Waals surface area contributed by atoms with Crippen LogP contribution in [-0.2, 0) is 4.79 Å². The van der Waals surface area contributed by atoms with Crippen molar-refractivity contribution in [1.29, 1.82) is 0 Å². The van der Waals surface area contributed by atoms with Crippen LogP contribution in [0.25, 0.3) is 5.52 Å². The Labute approximate surface area is 134 Å². The summed E-state index contributed by atoms with van der Waals surface area (Å²) >= 11 is 0. The minimum Gasteiger partial charge on any atom is -0.481 e. The predicted octanol–water partition coefficient (Wildman–Crippen LogP) is 2.58. The fourth-order valence-electron chi connectivity index (χ4n) is 3.28. The number of pyridine rings is 1. The van der Waals surface area contributed by atoms with E-state index in [1.165, 1.54) is 0 Å². The molecule has 6 heteroatoms. The molecule has 1 aliphatic rings. The van der Waals surface area contributed by atoms with Crippen LogP contribution < -0.4 is 0 Å². The SMILES string of the molecule is O=C(O)CCCC1CCCCN1C(=O)c1ccn2nccc2c1. The molecule has 6 nitrogen and oxygen atoms in total. The number of aromatic nitrogens is 2. The summed E-state index contributed by atoms with van der Waals surface area (Å²) < 4.78 is 1.73. The van der Waals surface area contributed by atoms with Gasteiger partial charge in [-0.25, -0.2) is 4.52 Å². The Bertz CT molecular complexity index is 710. The zero-order valence-electron chi connectivity index (χ0n) is 13.0. The fourth-order valence-corrected chi connectivity index (χ4v) is 3.28. The van der Waals surface area contributed by atoms with Crippen molar-refractivity contribution < 1.29 is 14.7 Å². The number of hydrogen-bond donors (Lipinski definition) is 1. The molecule has 2 aromatic rings. The molecular weight excluding hydrogens is 294 g/mol. The van der Waals surface area contributed by atoms with Crippen molar-refractivity contribution in [2.45, 2.75) is 44.6 Å². The lowest BCUT2D eigenvalue weighted by atomic mass is 9.96. The number of fused-ring (bicyclic) bond motifs is 1. The molecule has 0 aromatic carbocycles. The minimum atomic E-state index is -0.773. The van der Waals surface area contributed by atoms with Crippen LogP contribution in [-0.4, -0.2) is 44.1 Å². The van der Waals surface area contributed by atoms with Crippen molar-refractivity contribution in [3.8, 4) is 0 Å². The summed E-state index contributed by atoms with van der Waals surface area (Å²) in [6, 6.07) is 5.68. The average molecular weight is 315 g/mol. The van der Waals surface area contributed by atoms with Gasteiger partial charge in [0.1, 0.15) is 0 Å². The molecule has 1 N–H and O–H groups in total. The molecule has 1 unspecified atom stereocenters. The number of carbonyl (C=O) groups excluding carboxylic acids is 1. The number of carbonyl (C=O) groups is 2. The highest BCUT2D eigenvalue weighted by atomic mass is 16.4. The number of aliphatic carboxylic acids is 1. The van der Waals surface area contributed by atoms with E-state index in [4.69, 9.17) is 5.11 Å². The van der Waals surface area contributed by atoms with Gasteiger partial charge in [-0.3, -0.25) is 9.59 Å². The van der Waals surface area contributed by atoms with Gasteiger partial charge < -0.3 is 10.0 Å². The van der Waals surface area contributed by atoms with E-state index in [9.17, 15) is 9.59 Å². The van der Waals surface area contributed by atoms with Gasteiger partial charge in [-0.1, -0.05) is 0 Å². The van der Waals surface area contributed by atoms with Crippen LogP contribution >= 0.6 is 0 Å². The molecule has 2 aromatic heterocycles. The predicted molar refractivity (Wildman–Crippen MR) is 85.4 cm³/mol. The van der Waals surface area contributed by atoms with Crippen molar-refractivity contribution in [3.63, 3.8) is 0 Å². The normalized spacial score (nSPS) is 18.3. The molecule has 1 saturated heterocycles. The van der Waals surface area contributed by atoms with Crippen LogP contribution in [0.4, 0.5) is 0 Å². The largest absolute Gasteiger partial charge is 0.481 e. The number of hydrogen-bond acceptors (Lipinski definition) is 3. The molecule has 1 amide bonds. The third-order valence-corrected chi connectivity index (χ3v) is 4.46. The lowest BCUT2D eigenvalue weighted by Crippen LogP contribution is -2.43. The Balaban J connectivity index is 1.73. The van der Waals surface area contributed by atoms with E-state index < -0.39 is 5.97 Å². The highest BCUT2D eigenvalue weighted by Gasteiger charge is 2.27. The standard InChI is InChI=1S/C17H21N3O3/c21-16(22)6-3-5-14-4-1-2-10-19(14)17(23)13-8-11-20-15(12-13)7-9-18-20/h7-9,11-12,14H,1-6,10H2,(H,21,22). The van der Waals surface area contributed by atoms with E-state index in [1.54, 1.807) is 23.0 Å². The molecule has 0 bridgehead atoms. The Kier molecular flexibility index (Phi) is 4.60. The van der Waals surface area contributed by atoms with Gasteiger partial charge in [0, 0.05) is 37.0 Å². The molecule has 1 aliphatic heterocycles. The maximum absolute atomic E-state index is 12.9. The third kappa shape index (κ3) is 3.52. The Hall–Kier alpha value is -2.37. The van der Waals surface area contributed by atoms with Gasteiger partial charge in [-0.2, -0.15) is 5.10 Å². The zero-order valence-corrected chi connectivity index (χ0v) is 13.0. The highest BCUT2D eigenvalue weighted by molar-refractivity contribution is 5.95. The van der Waals surface area contributed by atoms with Gasteiger partial charge in [0.2, 0.25) is 0 Å². The summed E-state index contributed by atoms with van der Waals surface area (Å²) in [6.07, 6.45) is 8.11. The van der Waals surface area contributed by atoms with Crippen LogP contribution in [0.2, 0.25) is 0 Å². The number of carboxylic acid groups (broad SMARTS) is 1. The lowest BCUT2D eigenvalue weighted by molar-refractivity contribution is -0.137.